The second-order valence-electron chi connectivity index (χ2n) is 8.72. The largest absolute Gasteiger partial charge is 0.496 e. The normalized spacial score (nSPS) is 10.4. The highest BCUT2D eigenvalue weighted by atomic mass is 16.5. The standard InChI is InChI=1S/C28H33N5O4/c1-17-7-6-8-22(11-17)32-26(34)16-33(3)23-12-19(27(29)30)9-10-20(23)15-31-28(35)21-13-24(36-4)18(2)25(14-21)37-5/h6-14H,15-16H2,1-5H3,(H3,29,30)(H,31,35)(H,32,34). The molecule has 0 fully saturated rings. The molecule has 0 atom stereocenters. The summed E-state index contributed by atoms with van der Waals surface area (Å²) in [6.07, 6.45) is 0. The van der Waals surface area contributed by atoms with Gasteiger partial charge in [-0.1, -0.05) is 24.3 Å². The first-order valence-corrected chi connectivity index (χ1v) is 11.7. The van der Waals surface area contributed by atoms with Gasteiger partial charge in [0.25, 0.3) is 5.91 Å². The minimum absolute atomic E-state index is 0.0581. The highest BCUT2D eigenvalue weighted by Gasteiger charge is 2.17. The predicted octanol–water partition coefficient (Wildman–Crippen LogP) is 3.61. The van der Waals surface area contributed by atoms with Crippen molar-refractivity contribution in [1.29, 1.82) is 5.41 Å². The maximum atomic E-state index is 13.0. The third-order valence-electron chi connectivity index (χ3n) is 5.94. The van der Waals surface area contributed by atoms with Crippen LogP contribution in [0.3, 0.4) is 0 Å². The van der Waals surface area contributed by atoms with Gasteiger partial charge in [-0.15, -0.1) is 0 Å². The van der Waals surface area contributed by atoms with Crippen LogP contribution in [0.4, 0.5) is 11.4 Å². The zero-order valence-electron chi connectivity index (χ0n) is 21.8. The van der Waals surface area contributed by atoms with E-state index in [-0.39, 0.29) is 30.7 Å². The SMILES string of the molecule is COc1cc(C(=O)NCc2ccc(C(=N)N)cc2N(C)CC(=O)Nc2cccc(C)c2)cc(OC)c1C. The number of hydrogen-bond donors (Lipinski definition) is 4. The molecule has 0 bridgehead atoms. The van der Waals surface area contributed by atoms with E-state index in [1.165, 1.54) is 14.2 Å². The van der Waals surface area contributed by atoms with E-state index in [9.17, 15) is 9.59 Å². The van der Waals surface area contributed by atoms with E-state index in [0.29, 0.717) is 34.0 Å². The average Bonchev–Trinajstić information content (AvgIpc) is 2.87. The number of rotatable bonds is 10. The van der Waals surface area contributed by atoms with Crippen LogP contribution in [0.25, 0.3) is 0 Å². The van der Waals surface area contributed by atoms with Crippen LogP contribution in [0.1, 0.15) is 32.6 Å². The Morgan fingerprint density at radius 1 is 0.973 bits per heavy atom. The van der Waals surface area contributed by atoms with Gasteiger partial charge in [0.15, 0.2) is 0 Å². The van der Waals surface area contributed by atoms with Crippen molar-refractivity contribution in [3.05, 3.63) is 82.4 Å². The Bertz CT molecular complexity index is 1300. The Morgan fingerprint density at radius 2 is 1.65 bits per heavy atom. The topological polar surface area (TPSA) is 130 Å². The van der Waals surface area contributed by atoms with Gasteiger partial charge in [-0.2, -0.15) is 0 Å². The van der Waals surface area contributed by atoms with Crippen LogP contribution in [0, 0.1) is 19.3 Å². The molecule has 9 nitrogen and oxygen atoms in total. The number of methoxy groups -OCH3 is 2. The van der Waals surface area contributed by atoms with Crippen LogP contribution in [-0.2, 0) is 11.3 Å². The Labute approximate surface area is 217 Å². The third-order valence-corrected chi connectivity index (χ3v) is 5.94. The van der Waals surface area contributed by atoms with Crippen molar-refractivity contribution in [3.8, 4) is 11.5 Å². The van der Waals surface area contributed by atoms with Crippen LogP contribution in [0.5, 0.6) is 11.5 Å². The molecule has 0 aromatic heterocycles. The summed E-state index contributed by atoms with van der Waals surface area (Å²) < 4.78 is 10.8. The molecule has 0 saturated heterocycles. The number of likely N-dealkylation sites (N-methyl/N-ethyl adjacent to an activating group) is 1. The molecule has 3 aromatic rings. The van der Waals surface area contributed by atoms with Gasteiger partial charge < -0.3 is 30.7 Å². The van der Waals surface area contributed by atoms with Gasteiger partial charge in [0, 0.05) is 41.7 Å². The molecule has 3 aromatic carbocycles. The number of hydrogen-bond acceptors (Lipinski definition) is 6. The summed E-state index contributed by atoms with van der Waals surface area (Å²) in [7, 11) is 4.85. The van der Waals surface area contributed by atoms with Crippen molar-refractivity contribution >= 4 is 29.0 Å². The summed E-state index contributed by atoms with van der Waals surface area (Å²) in [4.78, 5) is 27.5. The van der Waals surface area contributed by atoms with Gasteiger partial charge in [-0.25, -0.2) is 0 Å². The second kappa shape index (κ2) is 11.9. The van der Waals surface area contributed by atoms with Crippen LogP contribution in [0.2, 0.25) is 0 Å². The summed E-state index contributed by atoms with van der Waals surface area (Å²) in [5.41, 5.74) is 10.6. The number of aryl methyl sites for hydroxylation is 1. The molecule has 5 N–H and O–H groups in total. The minimum atomic E-state index is -0.307. The number of amidine groups is 1. The van der Waals surface area contributed by atoms with Crippen LogP contribution >= 0.6 is 0 Å². The first-order chi connectivity index (χ1) is 17.6. The Kier molecular flexibility index (Phi) is 8.73. The molecule has 0 heterocycles. The van der Waals surface area contributed by atoms with Crippen molar-refractivity contribution in [2.45, 2.75) is 20.4 Å². The molecule has 194 valence electrons. The molecule has 0 spiro atoms. The van der Waals surface area contributed by atoms with Crippen molar-refractivity contribution in [2.24, 2.45) is 5.73 Å². The summed E-state index contributed by atoms with van der Waals surface area (Å²) in [5, 5.41) is 13.6. The molecule has 0 saturated carbocycles. The monoisotopic (exact) mass is 503 g/mol. The smallest absolute Gasteiger partial charge is 0.251 e. The maximum absolute atomic E-state index is 13.0. The highest BCUT2D eigenvalue weighted by molar-refractivity contribution is 5.98. The number of amides is 2. The molecular weight excluding hydrogens is 470 g/mol. The van der Waals surface area contributed by atoms with E-state index in [1.54, 1.807) is 42.3 Å². The highest BCUT2D eigenvalue weighted by Crippen LogP contribution is 2.29. The molecule has 0 aliphatic heterocycles. The van der Waals surface area contributed by atoms with E-state index in [2.05, 4.69) is 10.6 Å². The maximum Gasteiger partial charge on any atom is 0.251 e. The predicted molar refractivity (Wildman–Crippen MR) is 146 cm³/mol. The van der Waals surface area contributed by atoms with Crippen molar-refractivity contribution in [2.75, 3.05) is 38.0 Å². The van der Waals surface area contributed by atoms with Gasteiger partial charge in [-0.3, -0.25) is 15.0 Å². The fraction of sp³-hybridized carbons (Fsp3) is 0.250. The molecule has 2 amide bonds. The summed E-state index contributed by atoms with van der Waals surface area (Å²) >= 11 is 0. The zero-order valence-corrected chi connectivity index (χ0v) is 21.8. The van der Waals surface area contributed by atoms with Gasteiger partial charge in [0.2, 0.25) is 5.91 Å². The lowest BCUT2D eigenvalue weighted by Crippen LogP contribution is -2.32. The van der Waals surface area contributed by atoms with Crippen molar-refractivity contribution < 1.29 is 19.1 Å². The Hall–Kier alpha value is -4.53. The quantitative estimate of drug-likeness (QED) is 0.247. The Morgan fingerprint density at radius 3 is 2.24 bits per heavy atom. The zero-order chi connectivity index (χ0) is 27.1. The van der Waals surface area contributed by atoms with E-state index in [1.807, 2.05) is 38.1 Å². The van der Waals surface area contributed by atoms with Crippen LogP contribution < -0.4 is 30.7 Å². The molecule has 9 heteroatoms. The number of benzene rings is 3. The van der Waals surface area contributed by atoms with E-state index < -0.39 is 0 Å². The lowest BCUT2D eigenvalue weighted by Gasteiger charge is -2.23. The van der Waals surface area contributed by atoms with Gasteiger partial charge in [0.05, 0.1) is 20.8 Å². The molecular formula is C28H33N5O4. The number of nitrogens with zero attached hydrogens (tertiary/aromatic N) is 1. The van der Waals surface area contributed by atoms with Crippen molar-refractivity contribution in [3.63, 3.8) is 0 Å². The molecule has 0 radical (unpaired) electrons. The lowest BCUT2D eigenvalue weighted by molar-refractivity contribution is -0.114. The number of anilines is 2. The summed E-state index contributed by atoms with van der Waals surface area (Å²) in [6.45, 7) is 4.06. The summed E-state index contributed by atoms with van der Waals surface area (Å²) in [5.74, 6) is 0.507. The van der Waals surface area contributed by atoms with E-state index >= 15 is 0 Å². The molecule has 0 aliphatic rings. The van der Waals surface area contributed by atoms with E-state index in [4.69, 9.17) is 20.6 Å². The van der Waals surface area contributed by atoms with Crippen LogP contribution in [-0.4, -0.2) is 45.5 Å². The fourth-order valence-corrected chi connectivity index (χ4v) is 3.95. The second-order valence-corrected chi connectivity index (χ2v) is 8.72. The third kappa shape index (κ3) is 6.78. The van der Waals surface area contributed by atoms with Crippen LogP contribution in [0.15, 0.2) is 54.6 Å². The van der Waals surface area contributed by atoms with E-state index in [0.717, 1.165) is 16.7 Å². The first kappa shape index (κ1) is 27.1. The molecule has 0 unspecified atom stereocenters. The number of nitrogens with two attached hydrogens (primary N) is 1. The molecule has 3 rings (SSSR count). The van der Waals surface area contributed by atoms with Gasteiger partial charge in [-0.05, 0) is 55.3 Å². The average molecular weight is 504 g/mol. The molecule has 37 heavy (non-hydrogen) atoms. The van der Waals surface area contributed by atoms with Gasteiger partial charge in [0.1, 0.15) is 17.3 Å². The number of carbonyl (C=O) groups is 2. The number of ether oxygens (including phenoxy) is 2. The first-order valence-electron chi connectivity index (χ1n) is 11.7. The number of carbonyl (C=O) groups excluding carboxylic acids is 2. The van der Waals surface area contributed by atoms with Gasteiger partial charge >= 0.3 is 0 Å². The minimum Gasteiger partial charge on any atom is -0.496 e. The number of nitrogens with one attached hydrogen (secondary N) is 3. The Balaban J connectivity index is 1.79. The summed E-state index contributed by atoms with van der Waals surface area (Å²) in [6, 6.07) is 16.1. The lowest BCUT2D eigenvalue weighted by atomic mass is 10.1. The van der Waals surface area contributed by atoms with Crippen molar-refractivity contribution in [1.82, 2.24) is 5.32 Å². The fourth-order valence-electron chi connectivity index (χ4n) is 3.95. The molecule has 0 aliphatic carbocycles. The number of nitrogen functional groups attached to an aromatic ring is 1.